The molecule has 0 aliphatic carbocycles. The van der Waals surface area contributed by atoms with E-state index in [0.29, 0.717) is 12.4 Å². The van der Waals surface area contributed by atoms with Crippen molar-refractivity contribution in [2.45, 2.75) is 20.5 Å². The molecule has 0 saturated heterocycles. The number of ether oxygens (including phenoxy) is 1. The van der Waals surface area contributed by atoms with E-state index >= 15 is 0 Å². The molecule has 2 N–H and O–H groups in total. The zero-order valence-corrected chi connectivity index (χ0v) is 11.4. The number of aromatic carboxylic acids is 1. The minimum absolute atomic E-state index is 0.195. The predicted molar refractivity (Wildman–Crippen MR) is 75.3 cm³/mol. The Hall–Kier alpha value is -2.49. The summed E-state index contributed by atoms with van der Waals surface area (Å²) in [5.41, 5.74) is 2.67. The number of carboxylic acids is 1. The summed E-state index contributed by atoms with van der Waals surface area (Å²) in [4.78, 5) is 11.0. The molecule has 20 heavy (non-hydrogen) atoms. The first-order valence-corrected chi connectivity index (χ1v) is 6.22. The van der Waals surface area contributed by atoms with Gasteiger partial charge in [0.25, 0.3) is 0 Å². The van der Waals surface area contributed by atoms with Crippen LogP contribution in [0.4, 0.5) is 0 Å². The van der Waals surface area contributed by atoms with Crippen LogP contribution in [0.2, 0.25) is 0 Å². The molecule has 0 unspecified atom stereocenters. The van der Waals surface area contributed by atoms with Crippen molar-refractivity contribution in [1.82, 2.24) is 0 Å². The van der Waals surface area contributed by atoms with Crippen molar-refractivity contribution >= 4 is 5.97 Å². The first-order valence-electron chi connectivity index (χ1n) is 6.22. The lowest BCUT2D eigenvalue weighted by Gasteiger charge is -2.13. The summed E-state index contributed by atoms with van der Waals surface area (Å²) >= 11 is 0. The molecule has 0 saturated carbocycles. The van der Waals surface area contributed by atoms with Crippen LogP contribution in [0, 0.1) is 13.8 Å². The Morgan fingerprint density at radius 1 is 1.15 bits per heavy atom. The molecule has 2 rings (SSSR count). The highest BCUT2D eigenvalue weighted by Gasteiger charge is 2.10. The van der Waals surface area contributed by atoms with Crippen molar-refractivity contribution in [3.63, 3.8) is 0 Å². The number of rotatable bonds is 4. The quantitative estimate of drug-likeness (QED) is 0.896. The second-order valence-electron chi connectivity index (χ2n) is 4.70. The maximum Gasteiger partial charge on any atom is 0.335 e. The summed E-state index contributed by atoms with van der Waals surface area (Å²) in [6.45, 7) is 3.96. The van der Waals surface area contributed by atoms with Gasteiger partial charge in [0.1, 0.15) is 18.1 Å². The third-order valence-corrected chi connectivity index (χ3v) is 3.00. The van der Waals surface area contributed by atoms with Crippen molar-refractivity contribution in [3.05, 3.63) is 58.7 Å². The van der Waals surface area contributed by atoms with Crippen molar-refractivity contribution in [2.75, 3.05) is 0 Å². The molecule has 0 bridgehead atoms. The van der Waals surface area contributed by atoms with E-state index in [0.717, 1.165) is 16.7 Å². The van der Waals surface area contributed by atoms with Crippen LogP contribution in [-0.4, -0.2) is 16.2 Å². The lowest BCUT2D eigenvalue weighted by atomic mass is 10.1. The number of aryl methyl sites for hydroxylation is 2. The van der Waals surface area contributed by atoms with E-state index in [1.54, 1.807) is 30.3 Å². The molecule has 0 fully saturated rings. The fourth-order valence-corrected chi connectivity index (χ4v) is 2.10. The fourth-order valence-electron chi connectivity index (χ4n) is 2.10. The van der Waals surface area contributed by atoms with E-state index in [4.69, 9.17) is 9.84 Å². The maximum atomic E-state index is 11.0. The summed E-state index contributed by atoms with van der Waals surface area (Å²) in [6.07, 6.45) is 0. The molecule has 2 aromatic rings. The van der Waals surface area contributed by atoms with Gasteiger partial charge in [-0.2, -0.15) is 0 Å². The number of phenols is 1. The molecule has 0 aliphatic heterocycles. The van der Waals surface area contributed by atoms with Crippen LogP contribution < -0.4 is 4.74 Å². The first kappa shape index (κ1) is 13.9. The summed E-state index contributed by atoms with van der Waals surface area (Å²) in [5, 5.41) is 18.4. The first-order chi connectivity index (χ1) is 9.47. The van der Waals surface area contributed by atoms with E-state index in [9.17, 15) is 9.90 Å². The van der Waals surface area contributed by atoms with Gasteiger partial charge in [-0.1, -0.05) is 12.1 Å². The molecule has 0 aromatic heterocycles. The lowest BCUT2D eigenvalue weighted by Crippen LogP contribution is -2.02. The second-order valence-corrected chi connectivity index (χ2v) is 4.70. The van der Waals surface area contributed by atoms with Gasteiger partial charge in [0.05, 0.1) is 5.56 Å². The Labute approximate surface area is 117 Å². The van der Waals surface area contributed by atoms with Gasteiger partial charge >= 0.3 is 5.97 Å². The van der Waals surface area contributed by atoms with Crippen LogP contribution in [0.15, 0.2) is 36.4 Å². The second kappa shape index (κ2) is 5.65. The zero-order valence-electron chi connectivity index (χ0n) is 11.4. The minimum atomic E-state index is -0.948. The molecule has 4 heteroatoms. The van der Waals surface area contributed by atoms with Crippen molar-refractivity contribution in [2.24, 2.45) is 0 Å². The van der Waals surface area contributed by atoms with Crippen molar-refractivity contribution in [1.29, 1.82) is 0 Å². The van der Waals surface area contributed by atoms with Gasteiger partial charge < -0.3 is 14.9 Å². The highest BCUT2D eigenvalue weighted by atomic mass is 16.5. The Kier molecular flexibility index (Phi) is 3.94. The SMILES string of the molecule is Cc1cc(C(=O)O)cc(C)c1OCc1cccc(O)c1. The van der Waals surface area contributed by atoms with Crippen LogP contribution in [-0.2, 0) is 6.61 Å². The highest BCUT2D eigenvalue weighted by Crippen LogP contribution is 2.26. The van der Waals surface area contributed by atoms with E-state index < -0.39 is 5.97 Å². The molecule has 0 aliphatic rings. The fraction of sp³-hybridized carbons (Fsp3) is 0.188. The molecule has 2 aromatic carbocycles. The van der Waals surface area contributed by atoms with Crippen LogP contribution in [0.1, 0.15) is 27.0 Å². The molecule has 0 spiro atoms. The Morgan fingerprint density at radius 2 is 1.80 bits per heavy atom. The normalized spacial score (nSPS) is 10.3. The van der Waals surface area contributed by atoms with Gasteiger partial charge in [-0.05, 0) is 54.8 Å². The monoisotopic (exact) mass is 272 g/mol. The number of hydrogen-bond donors (Lipinski definition) is 2. The van der Waals surface area contributed by atoms with E-state index in [1.165, 1.54) is 0 Å². The topological polar surface area (TPSA) is 66.8 Å². The highest BCUT2D eigenvalue weighted by molar-refractivity contribution is 5.88. The van der Waals surface area contributed by atoms with Crippen LogP contribution in [0.3, 0.4) is 0 Å². The van der Waals surface area contributed by atoms with E-state index in [1.807, 2.05) is 19.9 Å². The Bertz CT molecular complexity index is 624. The Balaban J connectivity index is 2.20. The molecular formula is C16H16O4. The molecule has 0 atom stereocenters. The molecule has 104 valence electrons. The van der Waals surface area contributed by atoms with E-state index in [2.05, 4.69) is 0 Å². The molecule has 0 radical (unpaired) electrons. The smallest absolute Gasteiger partial charge is 0.335 e. The number of hydrogen-bond acceptors (Lipinski definition) is 3. The summed E-state index contributed by atoms with van der Waals surface area (Å²) in [6, 6.07) is 10.0. The third kappa shape index (κ3) is 3.09. The van der Waals surface area contributed by atoms with Crippen molar-refractivity contribution < 1.29 is 19.7 Å². The average molecular weight is 272 g/mol. The van der Waals surface area contributed by atoms with Crippen LogP contribution in [0.25, 0.3) is 0 Å². The van der Waals surface area contributed by atoms with Crippen molar-refractivity contribution in [3.8, 4) is 11.5 Å². The predicted octanol–water partition coefficient (Wildman–Crippen LogP) is 3.29. The number of aromatic hydroxyl groups is 1. The van der Waals surface area contributed by atoms with Gasteiger partial charge in [0.2, 0.25) is 0 Å². The molecule has 4 nitrogen and oxygen atoms in total. The van der Waals surface area contributed by atoms with Gasteiger partial charge in [-0.25, -0.2) is 4.79 Å². The summed E-state index contributed by atoms with van der Waals surface area (Å²) < 4.78 is 5.74. The third-order valence-electron chi connectivity index (χ3n) is 3.00. The molecule has 0 heterocycles. The number of carboxylic acid groups (broad SMARTS) is 1. The Morgan fingerprint density at radius 3 is 2.35 bits per heavy atom. The van der Waals surface area contributed by atoms with Gasteiger partial charge in [0.15, 0.2) is 0 Å². The van der Waals surface area contributed by atoms with Crippen LogP contribution >= 0.6 is 0 Å². The minimum Gasteiger partial charge on any atom is -0.508 e. The summed E-state index contributed by atoms with van der Waals surface area (Å²) in [7, 11) is 0. The van der Waals surface area contributed by atoms with Gasteiger partial charge in [0, 0.05) is 0 Å². The molecule has 0 amide bonds. The largest absolute Gasteiger partial charge is 0.508 e. The number of phenolic OH excluding ortho intramolecular Hbond substituents is 1. The maximum absolute atomic E-state index is 11.0. The van der Waals surface area contributed by atoms with Crippen LogP contribution in [0.5, 0.6) is 11.5 Å². The number of benzene rings is 2. The van der Waals surface area contributed by atoms with Gasteiger partial charge in [-0.15, -0.1) is 0 Å². The summed E-state index contributed by atoms with van der Waals surface area (Å²) in [5.74, 6) is -0.0742. The lowest BCUT2D eigenvalue weighted by molar-refractivity contribution is 0.0696. The average Bonchev–Trinajstić information content (AvgIpc) is 2.37. The van der Waals surface area contributed by atoms with Gasteiger partial charge in [-0.3, -0.25) is 0 Å². The van der Waals surface area contributed by atoms with E-state index in [-0.39, 0.29) is 11.3 Å². The standard InChI is InChI=1S/C16H16O4/c1-10-6-13(16(18)19)7-11(2)15(10)20-9-12-4-3-5-14(17)8-12/h3-8,17H,9H2,1-2H3,(H,18,19). The molecular weight excluding hydrogens is 256 g/mol. The number of carbonyl (C=O) groups is 1. The zero-order chi connectivity index (χ0) is 14.7.